The fourth-order valence-corrected chi connectivity index (χ4v) is 5.74. The summed E-state index contributed by atoms with van der Waals surface area (Å²) in [5, 5.41) is 4.68. The average Bonchev–Trinajstić information content (AvgIpc) is 3.34. The predicted octanol–water partition coefficient (Wildman–Crippen LogP) is 4.25. The van der Waals surface area contributed by atoms with Crippen molar-refractivity contribution in [2.45, 2.75) is 63.8 Å². The van der Waals surface area contributed by atoms with Crippen molar-refractivity contribution in [2.75, 3.05) is 25.6 Å². The number of pyridine rings is 1. The van der Waals surface area contributed by atoms with Crippen LogP contribution in [0.25, 0.3) is 0 Å². The summed E-state index contributed by atoms with van der Waals surface area (Å²) < 4.78 is 46.0. The minimum Gasteiger partial charge on any atom is -0.382 e. The van der Waals surface area contributed by atoms with Crippen LogP contribution in [0.4, 0.5) is 23.8 Å². The van der Waals surface area contributed by atoms with E-state index in [1.807, 2.05) is 5.32 Å². The second-order valence-electron chi connectivity index (χ2n) is 10.8. The molecule has 2 aliphatic rings. The van der Waals surface area contributed by atoms with E-state index < -0.39 is 48.7 Å². The van der Waals surface area contributed by atoms with Crippen molar-refractivity contribution in [1.82, 2.24) is 29.6 Å². The van der Waals surface area contributed by atoms with Crippen LogP contribution in [0.3, 0.4) is 0 Å². The number of ether oxygens (including phenoxy) is 1. The molecule has 11 nitrogen and oxygen atoms in total. The Labute approximate surface area is 246 Å². The molecule has 2 aromatic heterocycles. The zero-order valence-corrected chi connectivity index (χ0v) is 24.2. The molecule has 228 valence electrons. The number of nitrogens with zero attached hydrogens (tertiary/aromatic N) is 5. The third kappa shape index (κ3) is 7.09. The Morgan fingerprint density at radius 3 is 2.60 bits per heavy atom. The van der Waals surface area contributed by atoms with Gasteiger partial charge in [-0.05, 0) is 54.9 Å². The lowest BCUT2D eigenvalue weighted by atomic mass is 9.79. The highest BCUT2D eigenvalue weighted by Gasteiger charge is 2.48. The SMILES string of the molecule is COCC(c1ccnc(NC(=O)C(C2CCC(C)CC2)N(Cl)C(=O)c2ncncc2C)c1)N1C[C@@H](C(F)(F)F)NC1=O. The van der Waals surface area contributed by atoms with Gasteiger partial charge in [0.15, 0.2) is 0 Å². The van der Waals surface area contributed by atoms with Crippen LogP contribution >= 0.6 is 11.8 Å². The third-order valence-electron chi connectivity index (χ3n) is 7.77. The van der Waals surface area contributed by atoms with Gasteiger partial charge in [0.2, 0.25) is 5.91 Å². The van der Waals surface area contributed by atoms with Gasteiger partial charge in [-0.3, -0.25) is 9.59 Å². The van der Waals surface area contributed by atoms with Gasteiger partial charge < -0.3 is 20.3 Å². The Bertz CT molecular complexity index is 1290. The van der Waals surface area contributed by atoms with Gasteiger partial charge >= 0.3 is 12.2 Å². The molecule has 15 heteroatoms. The first kappa shape index (κ1) is 31.4. The standard InChI is InChI=1S/C27H33ClF3N7O4/c1-15-4-6-17(7-5-15)23(38(28)25(40)22-16(2)11-32-14-34-22)24(39)36-21-10-18(8-9-33-21)19(13-42-3)37-12-20(27(29,30)31)35-26(37)41/h8-11,14-15,17,19-20,23H,4-7,12-13H2,1-3H3,(H,35,41)(H,33,36,39)/t15?,17?,19?,20-,23?/m0/s1. The number of methoxy groups -OCH3 is 1. The van der Waals surface area contributed by atoms with Crippen molar-refractivity contribution in [1.29, 1.82) is 0 Å². The van der Waals surface area contributed by atoms with E-state index in [9.17, 15) is 27.6 Å². The van der Waals surface area contributed by atoms with E-state index in [4.69, 9.17) is 16.5 Å². The number of halogens is 4. The molecule has 1 aliphatic carbocycles. The van der Waals surface area contributed by atoms with Gasteiger partial charge in [-0.25, -0.2) is 24.2 Å². The second-order valence-corrected chi connectivity index (χ2v) is 11.1. The minimum atomic E-state index is -4.61. The minimum absolute atomic E-state index is 0.0746. The summed E-state index contributed by atoms with van der Waals surface area (Å²) in [4.78, 5) is 52.7. The zero-order chi connectivity index (χ0) is 30.6. The number of rotatable bonds is 9. The van der Waals surface area contributed by atoms with E-state index >= 15 is 0 Å². The van der Waals surface area contributed by atoms with Gasteiger partial charge in [-0.15, -0.1) is 0 Å². The molecule has 1 saturated heterocycles. The average molecular weight is 612 g/mol. The van der Waals surface area contributed by atoms with Crippen molar-refractivity contribution in [2.24, 2.45) is 11.8 Å². The highest BCUT2D eigenvalue weighted by atomic mass is 35.5. The molecule has 42 heavy (non-hydrogen) atoms. The number of carbonyl (C=O) groups excluding carboxylic acids is 3. The summed E-state index contributed by atoms with van der Waals surface area (Å²) in [6.45, 7) is 3.09. The number of alkyl halides is 3. The molecular formula is C27H33ClF3N7O4. The van der Waals surface area contributed by atoms with E-state index in [0.29, 0.717) is 29.9 Å². The number of urea groups is 1. The van der Waals surface area contributed by atoms with Gasteiger partial charge in [0.1, 0.15) is 29.9 Å². The highest BCUT2D eigenvalue weighted by molar-refractivity contribution is 6.26. The number of carbonyl (C=O) groups is 3. The Balaban J connectivity index is 1.58. The topological polar surface area (TPSA) is 130 Å². The molecule has 4 rings (SSSR count). The molecule has 3 heterocycles. The van der Waals surface area contributed by atoms with Crippen LogP contribution < -0.4 is 10.6 Å². The summed E-state index contributed by atoms with van der Waals surface area (Å²) in [6.07, 6.45) is 2.54. The summed E-state index contributed by atoms with van der Waals surface area (Å²) in [6, 6.07) is -1.85. The summed E-state index contributed by atoms with van der Waals surface area (Å²) in [7, 11) is 1.37. The molecule has 2 fully saturated rings. The largest absolute Gasteiger partial charge is 0.410 e. The van der Waals surface area contributed by atoms with Crippen molar-refractivity contribution >= 4 is 35.4 Å². The quantitative estimate of drug-likeness (QED) is 0.406. The molecule has 0 spiro atoms. The smallest absolute Gasteiger partial charge is 0.382 e. The number of aromatic nitrogens is 3. The van der Waals surface area contributed by atoms with Gasteiger partial charge in [-0.2, -0.15) is 13.2 Å². The lowest BCUT2D eigenvalue weighted by Crippen LogP contribution is -2.48. The van der Waals surface area contributed by atoms with Crippen molar-refractivity contribution in [3.63, 3.8) is 0 Å². The molecule has 1 saturated carbocycles. The van der Waals surface area contributed by atoms with Crippen LogP contribution in [-0.4, -0.2) is 80.6 Å². The van der Waals surface area contributed by atoms with E-state index in [2.05, 4.69) is 27.2 Å². The Morgan fingerprint density at radius 2 is 1.98 bits per heavy atom. The Hall–Kier alpha value is -3.52. The van der Waals surface area contributed by atoms with E-state index in [-0.39, 0.29) is 24.0 Å². The van der Waals surface area contributed by atoms with E-state index in [1.54, 1.807) is 6.92 Å². The third-order valence-corrected chi connectivity index (χ3v) is 8.13. The molecule has 0 aromatic carbocycles. The van der Waals surface area contributed by atoms with Crippen LogP contribution in [-0.2, 0) is 9.53 Å². The molecule has 0 bridgehead atoms. The summed E-state index contributed by atoms with van der Waals surface area (Å²) >= 11 is 6.59. The Kier molecular flexibility index (Phi) is 9.87. The molecule has 0 radical (unpaired) electrons. The van der Waals surface area contributed by atoms with Crippen molar-refractivity contribution < 1.29 is 32.3 Å². The van der Waals surface area contributed by atoms with Crippen LogP contribution in [0, 0.1) is 18.8 Å². The molecule has 2 unspecified atom stereocenters. The van der Waals surface area contributed by atoms with Crippen LogP contribution in [0.5, 0.6) is 0 Å². The van der Waals surface area contributed by atoms with Gasteiger partial charge in [0.25, 0.3) is 5.91 Å². The maximum absolute atomic E-state index is 13.7. The number of aryl methyl sites for hydroxylation is 1. The maximum Gasteiger partial charge on any atom is 0.410 e. The first-order valence-corrected chi connectivity index (χ1v) is 13.9. The first-order chi connectivity index (χ1) is 19.9. The van der Waals surface area contributed by atoms with Crippen molar-refractivity contribution in [3.05, 3.63) is 47.7 Å². The predicted molar refractivity (Wildman–Crippen MR) is 146 cm³/mol. The maximum atomic E-state index is 13.7. The zero-order valence-electron chi connectivity index (χ0n) is 23.4. The van der Waals surface area contributed by atoms with Gasteiger partial charge in [0.05, 0.1) is 19.2 Å². The normalized spacial score (nSPS) is 22.3. The lowest BCUT2D eigenvalue weighted by molar-refractivity contribution is -0.150. The Morgan fingerprint density at radius 1 is 1.26 bits per heavy atom. The van der Waals surface area contributed by atoms with Gasteiger partial charge in [0, 0.05) is 31.3 Å². The number of nitrogens with one attached hydrogen (secondary N) is 2. The first-order valence-electron chi connectivity index (χ1n) is 13.6. The lowest BCUT2D eigenvalue weighted by Gasteiger charge is -2.35. The fourth-order valence-electron chi connectivity index (χ4n) is 5.41. The van der Waals surface area contributed by atoms with Crippen LogP contribution in [0.1, 0.15) is 60.3 Å². The highest BCUT2D eigenvalue weighted by Crippen LogP contribution is 2.35. The second kappa shape index (κ2) is 13.2. The monoisotopic (exact) mass is 611 g/mol. The number of anilines is 1. The molecule has 3 atom stereocenters. The number of amides is 4. The van der Waals surface area contributed by atoms with Crippen molar-refractivity contribution in [3.8, 4) is 0 Å². The fraction of sp³-hybridized carbons (Fsp3) is 0.556. The molecule has 1 aliphatic heterocycles. The summed E-state index contributed by atoms with van der Waals surface area (Å²) in [5.41, 5.74) is 0.978. The molecule has 4 amide bonds. The molecule has 2 N–H and O–H groups in total. The van der Waals surface area contributed by atoms with Gasteiger partial charge in [-0.1, -0.05) is 19.8 Å². The number of hydrogen-bond donors (Lipinski definition) is 2. The van der Waals surface area contributed by atoms with Crippen LogP contribution in [0.15, 0.2) is 30.9 Å². The van der Waals surface area contributed by atoms with Crippen LogP contribution in [0.2, 0.25) is 0 Å². The summed E-state index contributed by atoms with van der Waals surface area (Å²) in [5.74, 6) is -0.897. The van der Waals surface area contributed by atoms with E-state index in [1.165, 1.54) is 38.0 Å². The molecule has 2 aromatic rings. The molecular weight excluding hydrogens is 579 g/mol. The number of hydrogen-bond acceptors (Lipinski definition) is 7. The van der Waals surface area contributed by atoms with E-state index in [0.717, 1.165) is 22.2 Å².